The van der Waals surface area contributed by atoms with Crippen molar-refractivity contribution in [3.63, 3.8) is 0 Å². The summed E-state index contributed by atoms with van der Waals surface area (Å²) >= 11 is 0. The van der Waals surface area contributed by atoms with Crippen molar-refractivity contribution in [1.82, 2.24) is 24.9 Å². The normalized spacial score (nSPS) is 14.9. The highest BCUT2D eigenvalue weighted by molar-refractivity contribution is 5.45. The third kappa shape index (κ3) is 4.48. The lowest BCUT2D eigenvalue weighted by molar-refractivity contribution is 0.622. The molecule has 152 valence electrons. The quantitative estimate of drug-likeness (QED) is 0.779. The number of rotatable bonds is 5. The molecule has 0 aliphatic carbocycles. The van der Waals surface area contributed by atoms with Crippen molar-refractivity contribution in [2.75, 3.05) is 55.0 Å². The van der Waals surface area contributed by atoms with Crippen molar-refractivity contribution >= 4 is 17.7 Å². The maximum absolute atomic E-state index is 4.78. The summed E-state index contributed by atoms with van der Waals surface area (Å²) in [7, 11) is 3.93. The van der Waals surface area contributed by atoms with Crippen LogP contribution in [0.4, 0.5) is 17.7 Å². The van der Waals surface area contributed by atoms with Crippen LogP contribution in [0.15, 0.2) is 6.07 Å². The standard InChI is InChI=1S/C20H32N8/c1-13(2)17-21-15(5)12-16(22-17)27-8-10-28(11-9-27)20-24-18(14(3)4)23-19(25-20)26(6)7/h12-14H,8-11H2,1-7H3. The van der Waals surface area contributed by atoms with Crippen LogP contribution in [0.3, 0.4) is 0 Å². The van der Waals surface area contributed by atoms with Gasteiger partial charge in [-0.2, -0.15) is 15.0 Å². The Morgan fingerprint density at radius 1 is 0.786 bits per heavy atom. The number of nitrogens with zero attached hydrogens (tertiary/aromatic N) is 8. The van der Waals surface area contributed by atoms with E-state index < -0.39 is 0 Å². The number of hydrogen-bond acceptors (Lipinski definition) is 8. The minimum Gasteiger partial charge on any atom is -0.353 e. The maximum atomic E-state index is 4.78. The fourth-order valence-electron chi connectivity index (χ4n) is 3.10. The highest BCUT2D eigenvalue weighted by Crippen LogP contribution is 2.22. The second-order valence-electron chi connectivity index (χ2n) is 8.20. The highest BCUT2D eigenvalue weighted by Gasteiger charge is 2.23. The van der Waals surface area contributed by atoms with Gasteiger partial charge in [-0.25, -0.2) is 9.97 Å². The highest BCUT2D eigenvalue weighted by atomic mass is 15.4. The van der Waals surface area contributed by atoms with Crippen LogP contribution in [0.25, 0.3) is 0 Å². The summed E-state index contributed by atoms with van der Waals surface area (Å²) in [5.74, 6) is 4.83. The van der Waals surface area contributed by atoms with E-state index in [1.54, 1.807) is 0 Å². The van der Waals surface area contributed by atoms with E-state index in [-0.39, 0.29) is 5.92 Å². The summed E-state index contributed by atoms with van der Waals surface area (Å²) in [6.07, 6.45) is 0. The third-order valence-corrected chi connectivity index (χ3v) is 4.81. The molecule has 0 radical (unpaired) electrons. The Labute approximate surface area is 168 Å². The molecule has 0 unspecified atom stereocenters. The molecule has 3 heterocycles. The zero-order chi connectivity index (χ0) is 20.4. The first-order valence-corrected chi connectivity index (χ1v) is 10.0. The number of hydrogen-bond donors (Lipinski definition) is 0. The molecule has 0 amide bonds. The van der Waals surface area contributed by atoms with Gasteiger partial charge in [-0.15, -0.1) is 0 Å². The monoisotopic (exact) mass is 384 g/mol. The Balaban J connectivity index is 1.77. The Kier molecular flexibility index (Phi) is 5.96. The second-order valence-corrected chi connectivity index (χ2v) is 8.20. The summed E-state index contributed by atoms with van der Waals surface area (Å²) in [6.45, 7) is 14.0. The van der Waals surface area contributed by atoms with Crippen molar-refractivity contribution in [3.05, 3.63) is 23.4 Å². The van der Waals surface area contributed by atoms with Gasteiger partial charge in [-0.1, -0.05) is 27.7 Å². The summed E-state index contributed by atoms with van der Waals surface area (Å²) in [5.41, 5.74) is 1.02. The molecule has 3 rings (SSSR count). The molecule has 8 nitrogen and oxygen atoms in total. The molecule has 1 aliphatic heterocycles. The lowest BCUT2D eigenvalue weighted by atomic mass is 10.2. The van der Waals surface area contributed by atoms with E-state index in [2.05, 4.69) is 58.5 Å². The predicted molar refractivity (Wildman–Crippen MR) is 114 cm³/mol. The number of aryl methyl sites for hydroxylation is 1. The Hall–Kier alpha value is -2.51. The number of anilines is 3. The molecule has 2 aromatic rings. The summed E-state index contributed by atoms with van der Waals surface area (Å²) in [6, 6.07) is 2.07. The maximum Gasteiger partial charge on any atom is 0.230 e. The molecule has 0 atom stereocenters. The largest absolute Gasteiger partial charge is 0.353 e. The van der Waals surface area contributed by atoms with E-state index in [9.17, 15) is 0 Å². The van der Waals surface area contributed by atoms with Crippen molar-refractivity contribution in [3.8, 4) is 0 Å². The van der Waals surface area contributed by atoms with Crippen molar-refractivity contribution < 1.29 is 0 Å². The molecule has 0 spiro atoms. The van der Waals surface area contributed by atoms with Crippen LogP contribution >= 0.6 is 0 Å². The zero-order valence-corrected chi connectivity index (χ0v) is 18.1. The summed E-state index contributed by atoms with van der Waals surface area (Å²) < 4.78 is 0. The van der Waals surface area contributed by atoms with Crippen molar-refractivity contribution in [1.29, 1.82) is 0 Å². The van der Waals surface area contributed by atoms with E-state index in [0.29, 0.717) is 11.9 Å². The van der Waals surface area contributed by atoms with Gasteiger partial charge in [0, 0.05) is 63.9 Å². The Morgan fingerprint density at radius 3 is 1.93 bits per heavy atom. The first-order valence-electron chi connectivity index (χ1n) is 10.0. The van der Waals surface area contributed by atoms with E-state index in [0.717, 1.165) is 55.3 Å². The minimum atomic E-state index is 0.264. The molecular weight excluding hydrogens is 352 g/mol. The van der Waals surface area contributed by atoms with E-state index >= 15 is 0 Å². The van der Waals surface area contributed by atoms with E-state index in [1.165, 1.54) is 0 Å². The van der Waals surface area contributed by atoms with Gasteiger partial charge in [0.1, 0.15) is 17.5 Å². The van der Waals surface area contributed by atoms with Crippen LogP contribution in [0.1, 0.15) is 56.9 Å². The van der Waals surface area contributed by atoms with E-state index in [1.807, 2.05) is 25.9 Å². The molecule has 0 saturated carbocycles. The topological polar surface area (TPSA) is 74.2 Å². The second kappa shape index (κ2) is 8.24. The van der Waals surface area contributed by atoms with Crippen molar-refractivity contribution in [2.45, 2.75) is 46.5 Å². The lowest BCUT2D eigenvalue weighted by Crippen LogP contribution is -2.47. The third-order valence-electron chi connectivity index (χ3n) is 4.81. The van der Waals surface area contributed by atoms with Crippen LogP contribution in [-0.4, -0.2) is 65.2 Å². The Morgan fingerprint density at radius 2 is 1.36 bits per heavy atom. The Bertz CT molecular complexity index is 784. The summed E-state index contributed by atoms with van der Waals surface area (Å²) in [4.78, 5) is 29.8. The van der Waals surface area contributed by atoms with Gasteiger partial charge in [0.25, 0.3) is 0 Å². The fourth-order valence-corrected chi connectivity index (χ4v) is 3.10. The van der Waals surface area contributed by atoms with Crippen LogP contribution in [0, 0.1) is 6.92 Å². The molecule has 28 heavy (non-hydrogen) atoms. The molecule has 2 aromatic heterocycles. The average molecular weight is 385 g/mol. The smallest absolute Gasteiger partial charge is 0.230 e. The predicted octanol–water partition coefficient (Wildman–Crippen LogP) is 2.61. The molecule has 0 bridgehead atoms. The first kappa shape index (κ1) is 20.2. The van der Waals surface area contributed by atoms with Gasteiger partial charge in [0.2, 0.25) is 11.9 Å². The molecule has 1 saturated heterocycles. The van der Waals surface area contributed by atoms with Gasteiger partial charge in [0.15, 0.2) is 0 Å². The van der Waals surface area contributed by atoms with Gasteiger partial charge in [-0.3, -0.25) is 0 Å². The van der Waals surface area contributed by atoms with Crippen LogP contribution in [0.5, 0.6) is 0 Å². The van der Waals surface area contributed by atoms with Gasteiger partial charge in [0.05, 0.1) is 0 Å². The lowest BCUT2D eigenvalue weighted by Gasteiger charge is -2.36. The molecule has 0 aromatic carbocycles. The zero-order valence-electron chi connectivity index (χ0n) is 18.1. The van der Waals surface area contributed by atoms with Gasteiger partial charge >= 0.3 is 0 Å². The number of piperazine rings is 1. The van der Waals surface area contributed by atoms with Crippen molar-refractivity contribution in [2.24, 2.45) is 0 Å². The molecule has 0 N–H and O–H groups in total. The minimum absolute atomic E-state index is 0.264. The van der Waals surface area contributed by atoms with Gasteiger partial charge in [-0.05, 0) is 6.92 Å². The van der Waals surface area contributed by atoms with E-state index in [4.69, 9.17) is 9.97 Å². The molecular formula is C20H32N8. The summed E-state index contributed by atoms with van der Waals surface area (Å²) in [5, 5.41) is 0. The molecule has 8 heteroatoms. The fraction of sp³-hybridized carbons (Fsp3) is 0.650. The first-order chi connectivity index (χ1) is 13.2. The van der Waals surface area contributed by atoms with Crippen LogP contribution in [-0.2, 0) is 0 Å². The SMILES string of the molecule is Cc1cc(N2CCN(c3nc(C(C)C)nc(N(C)C)n3)CC2)nc(C(C)C)n1. The average Bonchev–Trinajstić information content (AvgIpc) is 2.67. The van der Waals surface area contributed by atoms with Gasteiger partial charge < -0.3 is 14.7 Å². The number of aromatic nitrogens is 5. The van der Waals surface area contributed by atoms with Crippen LogP contribution < -0.4 is 14.7 Å². The molecule has 1 aliphatic rings. The van der Waals surface area contributed by atoms with Crippen LogP contribution in [0.2, 0.25) is 0 Å². The molecule has 1 fully saturated rings.